The molecule has 246 valence electrons. The lowest BCUT2D eigenvalue weighted by atomic mass is 9.70. The van der Waals surface area contributed by atoms with Crippen LogP contribution in [-0.2, 0) is 5.41 Å². The van der Waals surface area contributed by atoms with Gasteiger partial charge in [-0.15, -0.1) is 0 Å². The van der Waals surface area contributed by atoms with Crippen molar-refractivity contribution in [1.29, 1.82) is 0 Å². The minimum atomic E-state index is -0.387. The third-order valence-corrected chi connectivity index (χ3v) is 11.5. The van der Waals surface area contributed by atoms with Gasteiger partial charge in [-0.25, -0.2) is 4.98 Å². The highest BCUT2D eigenvalue weighted by Gasteiger charge is 2.51. The monoisotopic (exact) mass is 671 g/mol. The van der Waals surface area contributed by atoms with Crippen LogP contribution in [0.25, 0.3) is 77.8 Å². The average Bonchev–Trinajstić information content (AvgIpc) is 3.71. The number of fused-ring (bicyclic) bond motifs is 11. The van der Waals surface area contributed by atoms with E-state index in [0.717, 1.165) is 28.1 Å². The van der Waals surface area contributed by atoms with Gasteiger partial charge in [-0.05, 0) is 102 Å². The van der Waals surface area contributed by atoms with Gasteiger partial charge in [0, 0.05) is 11.1 Å². The molecule has 0 saturated carbocycles. The average molecular weight is 672 g/mol. The minimum Gasteiger partial charge on any atom is -0.248 e. The van der Waals surface area contributed by atoms with E-state index < -0.39 is 0 Å². The zero-order chi connectivity index (χ0) is 34.9. The Morgan fingerprint density at radius 2 is 0.792 bits per heavy atom. The molecule has 0 radical (unpaired) electrons. The van der Waals surface area contributed by atoms with E-state index in [-0.39, 0.29) is 5.41 Å². The summed E-state index contributed by atoms with van der Waals surface area (Å²) in [5.41, 5.74) is 19.1. The van der Waals surface area contributed by atoms with Gasteiger partial charge in [0.2, 0.25) is 0 Å². The molecule has 53 heavy (non-hydrogen) atoms. The van der Waals surface area contributed by atoms with Crippen LogP contribution in [0.3, 0.4) is 0 Å². The van der Waals surface area contributed by atoms with Gasteiger partial charge in [0.05, 0.1) is 16.8 Å². The predicted molar refractivity (Wildman–Crippen MR) is 220 cm³/mol. The van der Waals surface area contributed by atoms with Crippen LogP contribution in [0.5, 0.6) is 0 Å². The smallest absolute Gasteiger partial charge is 0.0725 e. The van der Waals surface area contributed by atoms with Gasteiger partial charge < -0.3 is 0 Å². The van der Waals surface area contributed by atoms with E-state index in [1.165, 1.54) is 72.0 Å². The van der Waals surface area contributed by atoms with Crippen LogP contribution in [0.2, 0.25) is 0 Å². The standard InChI is InChI=1S/C52H33N/c1-2-15-35(16-3-1)49-32-40(33-50(53-49)39-19-12-18-37(31-39)38-29-28-34-14-4-5-17-36(34)30-38)41-23-13-27-48-51(41)44-22-8-11-26-47(44)52(48)45-24-9-6-20-42(45)43-21-7-10-25-46(43)52/h1-33H. The van der Waals surface area contributed by atoms with Crippen LogP contribution < -0.4 is 0 Å². The molecule has 0 aliphatic heterocycles. The molecule has 8 aromatic carbocycles. The lowest BCUT2D eigenvalue weighted by molar-refractivity contribution is 0.794. The first-order valence-electron chi connectivity index (χ1n) is 18.4. The highest BCUT2D eigenvalue weighted by atomic mass is 14.7. The quantitative estimate of drug-likeness (QED) is 0.181. The van der Waals surface area contributed by atoms with Crippen molar-refractivity contribution in [2.45, 2.75) is 5.41 Å². The Balaban J connectivity index is 1.14. The molecular formula is C52H33N. The van der Waals surface area contributed by atoms with Crippen molar-refractivity contribution >= 4 is 10.8 Å². The van der Waals surface area contributed by atoms with E-state index >= 15 is 0 Å². The Morgan fingerprint density at radius 3 is 1.55 bits per heavy atom. The highest BCUT2D eigenvalue weighted by Crippen LogP contribution is 2.64. The number of benzene rings is 8. The molecule has 1 aromatic heterocycles. The van der Waals surface area contributed by atoms with Gasteiger partial charge in [0.25, 0.3) is 0 Å². The molecule has 0 N–H and O–H groups in total. The summed E-state index contributed by atoms with van der Waals surface area (Å²) in [4.78, 5) is 5.35. The molecule has 11 rings (SSSR count). The summed E-state index contributed by atoms with van der Waals surface area (Å²) < 4.78 is 0. The fraction of sp³-hybridized carbons (Fsp3) is 0.0192. The summed E-state index contributed by atoms with van der Waals surface area (Å²) in [6.45, 7) is 0. The number of rotatable bonds is 4. The van der Waals surface area contributed by atoms with Crippen LogP contribution in [0.1, 0.15) is 22.3 Å². The minimum absolute atomic E-state index is 0.387. The maximum absolute atomic E-state index is 5.35. The summed E-state index contributed by atoms with van der Waals surface area (Å²) in [6.07, 6.45) is 0. The number of aromatic nitrogens is 1. The molecule has 2 aliphatic rings. The molecule has 1 spiro atoms. The van der Waals surface area contributed by atoms with Crippen LogP contribution in [0.4, 0.5) is 0 Å². The SMILES string of the molecule is c1ccc(-c2cc(-c3cccc4c3-c3ccccc3C43c4ccccc4-c4ccccc43)cc(-c3cccc(-c4ccc5ccccc5c4)c3)n2)cc1. The summed E-state index contributed by atoms with van der Waals surface area (Å²) in [7, 11) is 0. The van der Waals surface area contributed by atoms with Gasteiger partial charge in [-0.1, -0.05) is 176 Å². The Morgan fingerprint density at radius 1 is 0.283 bits per heavy atom. The first-order chi connectivity index (χ1) is 26.3. The Hall–Kier alpha value is -6.83. The van der Waals surface area contributed by atoms with Crippen molar-refractivity contribution in [3.8, 4) is 67.0 Å². The molecule has 0 bridgehead atoms. The second-order valence-corrected chi connectivity index (χ2v) is 14.2. The van der Waals surface area contributed by atoms with Crippen LogP contribution >= 0.6 is 0 Å². The molecule has 0 saturated heterocycles. The summed E-state index contributed by atoms with van der Waals surface area (Å²) in [5.74, 6) is 0. The molecule has 0 fully saturated rings. The van der Waals surface area contributed by atoms with Gasteiger partial charge in [0.15, 0.2) is 0 Å². The molecule has 1 heteroatoms. The molecule has 0 unspecified atom stereocenters. The van der Waals surface area contributed by atoms with Crippen molar-refractivity contribution in [1.82, 2.24) is 4.98 Å². The topological polar surface area (TPSA) is 12.9 Å². The summed E-state index contributed by atoms with van der Waals surface area (Å²) >= 11 is 0. The Bertz CT molecular complexity index is 2850. The van der Waals surface area contributed by atoms with Crippen molar-refractivity contribution in [2.24, 2.45) is 0 Å². The lowest BCUT2D eigenvalue weighted by Gasteiger charge is -2.30. The third kappa shape index (κ3) is 4.41. The fourth-order valence-corrected chi connectivity index (χ4v) is 9.20. The molecule has 0 amide bonds. The van der Waals surface area contributed by atoms with E-state index in [0.29, 0.717) is 0 Å². The van der Waals surface area contributed by atoms with Crippen molar-refractivity contribution in [3.05, 3.63) is 222 Å². The van der Waals surface area contributed by atoms with Crippen LogP contribution in [0, 0.1) is 0 Å². The van der Waals surface area contributed by atoms with Gasteiger partial charge in [0.1, 0.15) is 0 Å². The fourth-order valence-electron chi connectivity index (χ4n) is 9.20. The third-order valence-electron chi connectivity index (χ3n) is 11.5. The predicted octanol–water partition coefficient (Wildman–Crippen LogP) is 13.2. The molecule has 1 heterocycles. The van der Waals surface area contributed by atoms with Crippen LogP contribution in [0.15, 0.2) is 200 Å². The second kappa shape index (κ2) is 11.6. The van der Waals surface area contributed by atoms with E-state index in [9.17, 15) is 0 Å². The number of pyridine rings is 1. The van der Waals surface area contributed by atoms with Gasteiger partial charge in [-0.3, -0.25) is 0 Å². The number of nitrogens with zero attached hydrogens (tertiary/aromatic N) is 1. The van der Waals surface area contributed by atoms with Crippen molar-refractivity contribution in [3.63, 3.8) is 0 Å². The highest BCUT2D eigenvalue weighted by molar-refractivity contribution is 6.00. The normalized spacial score (nSPS) is 13.1. The first kappa shape index (κ1) is 29.9. The van der Waals surface area contributed by atoms with E-state index in [4.69, 9.17) is 4.98 Å². The molecular weight excluding hydrogens is 639 g/mol. The van der Waals surface area contributed by atoms with Crippen molar-refractivity contribution in [2.75, 3.05) is 0 Å². The van der Waals surface area contributed by atoms with E-state index in [2.05, 4.69) is 200 Å². The Kier molecular flexibility index (Phi) is 6.53. The largest absolute Gasteiger partial charge is 0.248 e. The maximum Gasteiger partial charge on any atom is 0.0725 e. The summed E-state index contributed by atoms with van der Waals surface area (Å²) in [6, 6.07) is 73.3. The van der Waals surface area contributed by atoms with E-state index in [1.807, 2.05) is 0 Å². The van der Waals surface area contributed by atoms with Gasteiger partial charge >= 0.3 is 0 Å². The lowest BCUT2D eigenvalue weighted by Crippen LogP contribution is -2.25. The molecule has 1 nitrogen and oxygen atoms in total. The number of hydrogen-bond donors (Lipinski definition) is 0. The first-order valence-corrected chi connectivity index (χ1v) is 18.4. The van der Waals surface area contributed by atoms with Crippen LogP contribution in [-0.4, -0.2) is 4.98 Å². The van der Waals surface area contributed by atoms with Crippen molar-refractivity contribution < 1.29 is 0 Å². The zero-order valence-corrected chi connectivity index (χ0v) is 29.0. The van der Waals surface area contributed by atoms with Gasteiger partial charge in [-0.2, -0.15) is 0 Å². The zero-order valence-electron chi connectivity index (χ0n) is 29.0. The molecule has 2 aliphatic carbocycles. The second-order valence-electron chi connectivity index (χ2n) is 14.2. The number of hydrogen-bond acceptors (Lipinski definition) is 1. The van der Waals surface area contributed by atoms with E-state index in [1.54, 1.807) is 0 Å². The molecule has 0 atom stereocenters. The molecule has 9 aromatic rings. The Labute approximate surface area is 309 Å². The summed E-state index contributed by atoms with van der Waals surface area (Å²) in [5, 5.41) is 2.49. The maximum atomic E-state index is 5.35.